The fourth-order valence-electron chi connectivity index (χ4n) is 6.67. The molecule has 0 aliphatic carbocycles. The van der Waals surface area contributed by atoms with Crippen LogP contribution in [0, 0.1) is 11.7 Å². The number of piperidine rings is 2. The molecule has 0 spiro atoms. The van der Waals surface area contributed by atoms with Crippen molar-refractivity contribution in [3.63, 3.8) is 0 Å². The van der Waals surface area contributed by atoms with Crippen LogP contribution >= 0.6 is 0 Å². The molecule has 2 aromatic carbocycles. The monoisotopic (exact) mass is 562 g/mol. The van der Waals surface area contributed by atoms with Gasteiger partial charge in [-0.3, -0.25) is 29.4 Å². The molecule has 11 heteroatoms. The first-order chi connectivity index (χ1) is 19.8. The fourth-order valence-corrected chi connectivity index (χ4v) is 6.67. The Morgan fingerprint density at radius 2 is 1.63 bits per heavy atom. The minimum atomic E-state index is -0.715. The van der Waals surface area contributed by atoms with Crippen LogP contribution in [0.15, 0.2) is 36.4 Å². The van der Waals surface area contributed by atoms with Crippen molar-refractivity contribution in [2.75, 3.05) is 55.6 Å². The van der Waals surface area contributed by atoms with Gasteiger partial charge in [0, 0.05) is 70.0 Å². The van der Waals surface area contributed by atoms with Crippen LogP contribution in [0.2, 0.25) is 0 Å². The lowest BCUT2D eigenvalue weighted by atomic mass is 9.95. The number of hydrogen-bond donors (Lipinski definition) is 2. The number of halogens is 1. The van der Waals surface area contributed by atoms with Gasteiger partial charge in [0.2, 0.25) is 11.8 Å². The van der Waals surface area contributed by atoms with E-state index in [0.717, 1.165) is 51.3 Å². The summed E-state index contributed by atoms with van der Waals surface area (Å²) in [6, 6.07) is 9.84. The Morgan fingerprint density at radius 3 is 2.34 bits per heavy atom. The second-order valence-corrected chi connectivity index (χ2v) is 11.5. The second-order valence-electron chi connectivity index (χ2n) is 11.5. The molecular formula is C30H35FN6O4. The van der Waals surface area contributed by atoms with E-state index in [1.807, 2.05) is 23.1 Å². The summed E-state index contributed by atoms with van der Waals surface area (Å²) in [6.45, 7) is 5.99. The Balaban J connectivity index is 1.03. The molecule has 4 aliphatic heterocycles. The van der Waals surface area contributed by atoms with Gasteiger partial charge < -0.3 is 20.4 Å². The number of fused-ring (bicyclic) bond motifs is 1. The van der Waals surface area contributed by atoms with Crippen LogP contribution in [0.4, 0.5) is 15.8 Å². The van der Waals surface area contributed by atoms with Crippen molar-refractivity contribution in [1.82, 2.24) is 15.1 Å². The summed E-state index contributed by atoms with van der Waals surface area (Å²) in [5.74, 6) is -1.45. The number of hydrogen-bond acceptors (Lipinski definition) is 7. The Labute approximate surface area is 238 Å². The molecule has 10 nitrogen and oxygen atoms in total. The highest BCUT2D eigenvalue weighted by molar-refractivity contribution is 6.05. The summed E-state index contributed by atoms with van der Waals surface area (Å²) in [7, 11) is 0. The van der Waals surface area contributed by atoms with E-state index in [2.05, 4.69) is 15.1 Å². The molecule has 6 rings (SSSR count). The minimum Gasteiger partial charge on any atom is -0.371 e. The van der Waals surface area contributed by atoms with Crippen LogP contribution in [0.5, 0.6) is 0 Å². The number of benzene rings is 2. The number of piperazine rings is 1. The van der Waals surface area contributed by atoms with Crippen molar-refractivity contribution in [2.24, 2.45) is 11.7 Å². The molecule has 4 aliphatic rings. The third kappa shape index (κ3) is 5.38. The Kier molecular flexibility index (Phi) is 7.37. The van der Waals surface area contributed by atoms with Gasteiger partial charge in [-0.25, -0.2) is 4.39 Å². The van der Waals surface area contributed by atoms with Crippen LogP contribution in [0.3, 0.4) is 0 Å². The molecule has 0 radical (unpaired) electrons. The first kappa shape index (κ1) is 27.2. The summed E-state index contributed by atoms with van der Waals surface area (Å²) in [4.78, 5) is 56.8. The van der Waals surface area contributed by atoms with E-state index in [9.17, 15) is 19.2 Å². The van der Waals surface area contributed by atoms with E-state index in [-0.39, 0.29) is 31.2 Å². The van der Waals surface area contributed by atoms with Gasteiger partial charge in [-0.1, -0.05) is 12.1 Å². The maximum atomic E-state index is 15.2. The van der Waals surface area contributed by atoms with E-state index in [1.165, 1.54) is 11.0 Å². The quantitative estimate of drug-likeness (QED) is 0.515. The van der Waals surface area contributed by atoms with Crippen LogP contribution in [-0.2, 0) is 16.1 Å². The van der Waals surface area contributed by atoms with Gasteiger partial charge in [-0.15, -0.1) is 0 Å². The van der Waals surface area contributed by atoms with Crippen molar-refractivity contribution >= 4 is 35.0 Å². The van der Waals surface area contributed by atoms with E-state index in [1.54, 1.807) is 12.1 Å². The highest BCUT2D eigenvalue weighted by atomic mass is 19.1. The van der Waals surface area contributed by atoms with E-state index in [0.29, 0.717) is 41.4 Å². The molecular weight excluding hydrogens is 527 g/mol. The summed E-state index contributed by atoms with van der Waals surface area (Å²) in [5, 5.41) is 2.30. The highest BCUT2D eigenvalue weighted by Gasteiger charge is 2.40. The smallest absolute Gasteiger partial charge is 0.255 e. The molecule has 0 unspecified atom stereocenters. The molecule has 41 heavy (non-hydrogen) atoms. The van der Waals surface area contributed by atoms with Crippen molar-refractivity contribution in [3.8, 4) is 0 Å². The summed E-state index contributed by atoms with van der Waals surface area (Å²) in [5.41, 5.74) is 8.53. The number of carbonyl (C=O) groups is 4. The second kappa shape index (κ2) is 11.1. The molecule has 0 bridgehead atoms. The molecule has 2 aromatic rings. The minimum absolute atomic E-state index is 0.183. The summed E-state index contributed by atoms with van der Waals surface area (Å²) < 4.78 is 15.2. The van der Waals surface area contributed by atoms with Gasteiger partial charge in [0.05, 0.1) is 11.3 Å². The largest absolute Gasteiger partial charge is 0.371 e. The highest BCUT2D eigenvalue weighted by Crippen LogP contribution is 2.33. The SMILES string of the molecule is NC(=O)c1ccccc1N1CCC(CN2CCN(c3cc4c(cc3F)C(=O)N([C@H]3CCC(=O)NC3=O)C4)CC2)CC1. The van der Waals surface area contributed by atoms with Gasteiger partial charge in [-0.05, 0) is 55.0 Å². The number of nitrogens with zero attached hydrogens (tertiary/aromatic N) is 4. The lowest BCUT2D eigenvalue weighted by Crippen LogP contribution is -2.52. The third-order valence-corrected chi connectivity index (χ3v) is 8.95. The zero-order chi connectivity index (χ0) is 28.7. The van der Waals surface area contributed by atoms with E-state index in [4.69, 9.17) is 5.73 Å². The normalized spacial score (nSPS) is 22.2. The summed E-state index contributed by atoms with van der Waals surface area (Å²) in [6.07, 6.45) is 2.53. The van der Waals surface area contributed by atoms with Crippen LogP contribution < -0.4 is 20.9 Å². The maximum Gasteiger partial charge on any atom is 0.255 e. The molecule has 4 heterocycles. The number of anilines is 2. The first-order valence-electron chi connectivity index (χ1n) is 14.4. The molecule has 3 fully saturated rings. The van der Waals surface area contributed by atoms with Gasteiger partial charge in [-0.2, -0.15) is 0 Å². The number of primary amides is 1. The Bertz CT molecular complexity index is 1380. The van der Waals surface area contributed by atoms with Crippen molar-refractivity contribution < 1.29 is 23.6 Å². The number of amides is 4. The summed E-state index contributed by atoms with van der Waals surface area (Å²) >= 11 is 0. The van der Waals surface area contributed by atoms with Crippen LogP contribution in [0.1, 0.15) is 52.0 Å². The van der Waals surface area contributed by atoms with Crippen LogP contribution in [-0.4, -0.2) is 85.3 Å². The number of nitrogens with two attached hydrogens (primary N) is 1. The number of carbonyl (C=O) groups excluding carboxylic acids is 4. The fraction of sp³-hybridized carbons (Fsp3) is 0.467. The average Bonchev–Trinajstić information content (AvgIpc) is 3.28. The van der Waals surface area contributed by atoms with E-state index >= 15 is 4.39 Å². The van der Waals surface area contributed by atoms with Gasteiger partial charge in [0.25, 0.3) is 11.8 Å². The molecule has 216 valence electrons. The van der Waals surface area contributed by atoms with Crippen molar-refractivity contribution in [2.45, 2.75) is 38.3 Å². The maximum absolute atomic E-state index is 15.2. The van der Waals surface area contributed by atoms with Gasteiger partial charge in [0.15, 0.2) is 0 Å². The van der Waals surface area contributed by atoms with Gasteiger partial charge in [0.1, 0.15) is 11.9 Å². The Morgan fingerprint density at radius 1 is 0.927 bits per heavy atom. The number of nitrogens with one attached hydrogen (secondary N) is 1. The lowest BCUT2D eigenvalue weighted by molar-refractivity contribution is -0.136. The molecule has 0 saturated carbocycles. The topological polar surface area (TPSA) is 119 Å². The average molecular weight is 563 g/mol. The Hall–Kier alpha value is -3.99. The zero-order valence-corrected chi connectivity index (χ0v) is 23.0. The predicted octanol–water partition coefficient (Wildman–Crippen LogP) is 1.72. The van der Waals surface area contributed by atoms with Crippen molar-refractivity contribution in [1.29, 1.82) is 0 Å². The molecule has 3 saturated heterocycles. The number of imide groups is 1. The molecule has 4 amide bonds. The molecule has 0 aromatic heterocycles. The molecule has 1 atom stereocenters. The van der Waals surface area contributed by atoms with Gasteiger partial charge >= 0.3 is 0 Å². The standard InChI is InChI=1S/C30H35FN6O4/c31-23-16-22-20(18-37(30(22)41)25-5-6-27(38)33-29(25)40)15-26(23)36-13-11-34(12-14-36)17-19-7-9-35(10-8-19)24-4-2-1-3-21(24)28(32)39/h1-4,15-16,19,25H,5-14,17-18H2,(H2,32,39)(H,33,38,40)/t25-/m0/s1. The molecule has 3 N–H and O–H groups in total. The van der Waals surface area contributed by atoms with Crippen LogP contribution in [0.25, 0.3) is 0 Å². The first-order valence-corrected chi connectivity index (χ1v) is 14.4. The third-order valence-electron chi connectivity index (χ3n) is 8.95. The lowest BCUT2D eigenvalue weighted by Gasteiger charge is -2.40. The number of para-hydroxylation sites is 1. The zero-order valence-electron chi connectivity index (χ0n) is 23.0. The number of rotatable bonds is 6. The van der Waals surface area contributed by atoms with Crippen molar-refractivity contribution in [3.05, 3.63) is 58.9 Å². The van der Waals surface area contributed by atoms with E-state index < -0.39 is 23.7 Å². The predicted molar refractivity (Wildman–Crippen MR) is 151 cm³/mol.